The van der Waals surface area contributed by atoms with Gasteiger partial charge in [0.2, 0.25) is 5.91 Å². The average molecular weight is 341 g/mol. The van der Waals surface area contributed by atoms with E-state index in [-0.39, 0.29) is 17.2 Å². The summed E-state index contributed by atoms with van der Waals surface area (Å²) in [6.07, 6.45) is 0. The molecule has 134 valence electrons. The van der Waals surface area contributed by atoms with Gasteiger partial charge >= 0.3 is 0 Å². The Kier molecular flexibility index (Phi) is 4.35. The molecule has 2 aromatic rings. The molecule has 0 unspecified atom stereocenters. The number of aryl methyl sites for hydroxylation is 2. The monoisotopic (exact) mass is 341 g/mol. The van der Waals surface area contributed by atoms with Crippen molar-refractivity contribution in [1.29, 1.82) is 0 Å². The highest BCUT2D eigenvalue weighted by Crippen LogP contribution is 2.24. The number of benzene rings is 1. The molecule has 2 amide bonds. The molecule has 1 aromatic carbocycles. The van der Waals surface area contributed by atoms with Crippen molar-refractivity contribution >= 4 is 22.7 Å². The molecule has 0 radical (unpaired) electrons. The third-order valence-corrected chi connectivity index (χ3v) is 5.05. The van der Waals surface area contributed by atoms with Crippen LogP contribution in [0.5, 0.6) is 0 Å². The first-order valence-electron chi connectivity index (χ1n) is 8.86. The van der Waals surface area contributed by atoms with Crippen molar-refractivity contribution in [3.05, 3.63) is 35.0 Å². The van der Waals surface area contributed by atoms with Crippen LogP contribution in [0.3, 0.4) is 0 Å². The first-order chi connectivity index (χ1) is 11.7. The zero-order valence-electron chi connectivity index (χ0n) is 15.8. The van der Waals surface area contributed by atoms with Gasteiger partial charge in [-0.2, -0.15) is 0 Å². The summed E-state index contributed by atoms with van der Waals surface area (Å²) in [6, 6.07) is 5.83. The van der Waals surface area contributed by atoms with Crippen molar-refractivity contribution < 1.29 is 9.59 Å². The van der Waals surface area contributed by atoms with Gasteiger partial charge in [-0.05, 0) is 37.6 Å². The van der Waals surface area contributed by atoms with Crippen LogP contribution in [-0.2, 0) is 4.79 Å². The number of aromatic nitrogens is 1. The van der Waals surface area contributed by atoms with Gasteiger partial charge in [-0.15, -0.1) is 0 Å². The van der Waals surface area contributed by atoms with Crippen molar-refractivity contribution in [1.82, 2.24) is 14.8 Å². The number of aromatic amines is 1. The Morgan fingerprint density at radius 1 is 1.00 bits per heavy atom. The summed E-state index contributed by atoms with van der Waals surface area (Å²) in [6.45, 7) is 12.3. The summed E-state index contributed by atoms with van der Waals surface area (Å²) in [7, 11) is 0. The van der Waals surface area contributed by atoms with E-state index in [4.69, 9.17) is 0 Å². The molecule has 25 heavy (non-hydrogen) atoms. The highest BCUT2D eigenvalue weighted by molar-refractivity contribution is 5.99. The Morgan fingerprint density at radius 3 is 2.20 bits per heavy atom. The van der Waals surface area contributed by atoms with Crippen LogP contribution in [0.2, 0.25) is 0 Å². The fourth-order valence-corrected chi connectivity index (χ4v) is 3.36. The standard InChI is InChI=1S/C20H27N3O2/c1-13-14(2)21-17-7-6-15(12-16(13)17)18(24)22-8-10-23(11-9-22)19(25)20(3,4)5/h6-7,12,21H,8-11H2,1-5H3. The number of rotatable bonds is 1. The van der Waals surface area contributed by atoms with Gasteiger partial charge < -0.3 is 14.8 Å². The number of carbonyl (C=O) groups is 2. The van der Waals surface area contributed by atoms with Crippen molar-refractivity contribution in [3.8, 4) is 0 Å². The lowest BCUT2D eigenvalue weighted by molar-refractivity contribution is -0.140. The minimum atomic E-state index is -0.374. The predicted molar refractivity (Wildman–Crippen MR) is 99.7 cm³/mol. The lowest BCUT2D eigenvalue weighted by Crippen LogP contribution is -2.53. The van der Waals surface area contributed by atoms with Crippen LogP contribution >= 0.6 is 0 Å². The maximum atomic E-state index is 12.8. The lowest BCUT2D eigenvalue weighted by Gasteiger charge is -2.37. The van der Waals surface area contributed by atoms with Gasteiger partial charge in [0.25, 0.3) is 5.91 Å². The molecule has 0 saturated carbocycles. The second-order valence-electron chi connectivity index (χ2n) is 7.97. The summed E-state index contributed by atoms with van der Waals surface area (Å²) < 4.78 is 0. The van der Waals surface area contributed by atoms with Crippen LogP contribution < -0.4 is 0 Å². The first-order valence-corrected chi connectivity index (χ1v) is 8.86. The molecule has 3 rings (SSSR count). The molecule has 0 aliphatic carbocycles. The SMILES string of the molecule is Cc1[nH]c2ccc(C(=O)N3CCN(C(=O)C(C)(C)C)CC3)cc2c1C. The molecule has 1 fully saturated rings. The molecule has 0 spiro atoms. The summed E-state index contributed by atoms with van der Waals surface area (Å²) >= 11 is 0. The highest BCUT2D eigenvalue weighted by Gasteiger charge is 2.31. The van der Waals surface area contributed by atoms with E-state index in [0.29, 0.717) is 31.7 Å². The lowest BCUT2D eigenvalue weighted by atomic mass is 9.94. The second-order valence-corrected chi connectivity index (χ2v) is 7.97. The molecule has 5 heteroatoms. The molecule has 0 atom stereocenters. The van der Waals surface area contributed by atoms with Crippen LogP contribution in [0, 0.1) is 19.3 Å². The van der Waals surface area contributed by atoms with E-state index in [1.165, 1.54) is 5.56 Å². The number of fused-ring (bicyclic) bond motifs is 1. The van der Waals surface area contributed by atoms with Crippen molar-refractivity contribution in [2.45, 2.75) is 34.6 Å². The zero-order chi connectivity index (χ0) is 18.4. The van der Waals surface area contributed by atoms with Crippen molar-refractivity contribution in [2.24, 2.45) is 5.41 Å². The predicted octanol–water partition coefficient (Wildman–Crippen LogP) is 3.12. The van der Waals surface area contributed by atoms with Gasteiger partial charge in [-0.1, -0.05) is 20.8 Å². The molecular weight excluding hydrogens is 314 g/mol. The van der Waals surface area contributed by atoms with Crippen LogP contribution in [0.1, 0.15) is 42.4 Å². The first kappa shape index (κ1) is 17.5. The molecule has 1 aliphatic rings. The molecule has 1 saturated heterocycles. The third-order valence-electron chi connectivity index (χ3n) is 5.05. The van der Waals surface area contributed by atoms with Gasteiger partial charge in [0, 0.05) is 53.8 Å². The number of nitrogens with zero attached hydrogens (tertiary/aromatic N) is 2. The average Bonchev–Trinajstić information content (AvgIpc) is 2.87. The van der Waals surface area contributed by atoms with E-state index in [1.807, 2.05) is 55.7 Å². The number of amides is 2. The fourth-order valence-electron chi connectivity index (χ4n) is 3.36. The van der Waals surface area contributed by atoms with Crippen molar-refractivity contribution in [2.75, 3.05) is 26.2 Å². The van der Waals surface area contributed by atoms with Gasteiger partial charge in [0.05, 0.1) is 0 Å². The zero-order valence-corrected chi connectivity index (χ0v) is 15.8. The minimum absolute atomic E-state index is 0.0445. The number of carbonyl (C=O) groups excluding carboxylic acids is 2. The van der Waals surface area contributed by atoms with Crippen LogP contribution in [-0.4, -0.2) is 52.8 Å². The molecule has 0 bridgehead atoms. The summed E-state index contributed by atoms with van der Waals surface area (Å²) in [5, 5.41) is 1.10. The quantitative estimate of drug-likeness (QED) is 0.866. The molecule has 1 aliphatic heterocycles. The topological polar surface area (TPSA) is 56.4 Å². The Bertz CT molecular complexity index is 821. The van der Waals surface area contributed by atoms with E-state index < -0.39 is 0 Å². The summed E-state index contributed by atoms with van der Waals surface area (Å²) in [5.74, 6) is 0.197. The maximum Gasteiger partial charge on any atom is 0.253 e. The summed E-state index contributed by atoms with van der Waals surface area (Å²) in [5.41, 5.74) is 3.72. The minimum Gasteiger partial charge on any atom is -0.358 e. The van der Waals surface area contributed by atoms with Gasteiger partial charge in [0.15, 0.2) is 0 Å². The normalized spacial score (nSPS) is 15.7. The van der Waals surface area contributed by atoms with Crippen molar-refractivity contribution in [3.63, 3.8) is 0 Å². The molecule has 5 nitrogen and oxygen atoms in total. The molecule has 2 heterocycles. The van der Waals surface area contributed by atoms with Crippen LogP contribution in [0.4, 0.5) is 0 Å². The van der Waals surface area contributed by atoms with E-state index in [0.717, 1.165) is 16.6 Å². The smallest absolute Gasteiger partial charge is 0.253 e. The van der Waals surface area contributed by atoms with Gasteiger partial charge in [0.1, 0.15) is 0 Å². The number of hydrogen-bond donors (Lipinski definition) is 1. The number of nitrogens with one attached hydrogen (secondary N) is 1. The molecule has 1 N–H and O–H groups in total. The number of H-pyrrole nitrogens is 1. The second kappa shape index (κ2) is 6.21. The Labute approximate surface area is 149 Å². The van der Waals surface area contributed by atoms with Gasteiger partial charge in [-0.25, -0.2) is 0 Å². The van der Waals surface area contributed by atoms with E-state index in [2.05, 4.69) is 11.9 Å². The molecule has 1 aromatic heterocycles. The maximum absolute atomic E-state index is 12.8. The number of piperazine rings is 1. The largest absolute Gasteiger partial charge is 0.358 e. The Balaban J connectivity index is 1.73. The number of hydrogen-bond acceptors (Lipinski definition) is 2. The Hall–Kier alpha value is -2.30. The third kappa shape index (κ3) is 3.28. The van der Waals surface area contributed by atoms with Crippen LogP contribution in [0.15, 0.2) is 18.2 Å². The van der Waals surface area contributed by atoms with E-state index >= 15 is 0 Å². The molecular formula is C20H27N3O2. The van der Waals surface area contributed by atoms with Gasteiger partial charge in [-0.3, -0.25) is 9.59 Å². The van der Waals surface area contributed by atoms with E-state index in [1.54, 1.807) is 0 Å². The van der Waals surface area contributed by atoms with Crippen LogP contribution in [0.25, 0.3) is 10.9 Å². The fraction of sp³-hybridized carbons (Fsp3) is 0.500. The highest BCUT2D eigenvalue weighted by atomic mass is 16.2. The summed E-state index contributed by atoms with van der Waals surface area (Å²) in [4.78, 5) is 32.3. The van der Waals surface area contributed by atoms with E-state index in [9.17, 15) is 9.59 Å². The Morgan fingerprint density at radius 2 is 1.60 bits per heavy atom.